The van der Waals surface area contributed by atoms with Crippen LogP contribution in [0.1, 0.15) is 41.8 Å². The van der Waals surface area contributed by atoms with Crippen molar-refractivity contribution in [2.24, 2.45) is 4.99 Å². The third kappa shape index (κ3) is 7.99. The Morgan fingerprint density at radius 1 is 0.963 bits per heavy atom. The molecule has 0 aliphatic rings. The first-order valence-corrected chi connectivity index (χ1v) is 9.00. The van der Waals surface area contributed by atoms with Gasteiger partial charge >= 0.3 is 0 Å². The number of hydrogen-bond acceptors (Lipinski definition) is 2. The highest BCUT2D eigenvalue weighted by atomic mass is 127. The number of aliphatic imine (C=N–C) groups is 1. The van der Waals surface area contributed by atoms with Crippen LogP contribution in [-0.4, -0.2) is 25.0 Å². The van der Waals surface area contributed by atoms with Gasteiger partial charge in [0.2, 0.25) is 0 Å². The zero-order valence-electron chi connectivity index (χ0n) is 16.2. The minimum absolute atomic E-state index is 0. The van der Waals surface area contributed by atoms with Gasteiger partial charge in [0.05, 0.1) is 0 Å². The molecular formula is C21H29IN4O. The summed E-state index contributed by atoms with van der Waals surface area (Å²) in [4.78, 5) is 16.3. The molecule has 0 fully saturated rings. The molecule has 6 heteroatoms. The van der Waals surface area contributed by atoms with E-state index in [1.54, 1.807) is 7.05 Å². The zero-order chi connectivity index (χ0) is 18.8. The summed E-state index contributed by atoms with van der Waals surface area (Å²) in [6.45, 7) is 5.42. The number of benzene rings is 2. The third-order valence-corrected chi connectivity index (χ3v) is 4.19. The Labute approximate surface area is 179 Å². The summed E-state index contributed by atoms with van der Waals surface area (Å²) in [5.74, 6) is 0.714. The number of amides is 1. The molecule has 2 aromatic rings. The minimum Gasteiger partial charge on any atom is -0.352 e. The number of halogens is 1. The molecule has 0 aliphatic carbocycles. The van der Waals surface area contributed by atoms with Gasteiger partial charge in [-0.15, -0.1) is 24.0 Å². The number of carbonyl (C=O) groups excluding carboxylic acids is 1. The first kappa shape index (κ1) is 23.0. The van der Waals surface area contributed by atoms with E-state index < -0.39 is 0 Å². The van der Waals surface area contributed by atoms with Gasteiger partial charge in [0.25, 0.3) is 5.91 Å². The lowest BCUT2D eigenvalue weighted by Gasteiger charge is -2.13. The van der Waals surface area contributed by atoms with E-state index in [0.29, 0.717) is 12.1 Å². The fraction of sp³-hybridized carbons (Fsp3) is 0.333. The molecule has 27 heavy (non-hydrogen) atoms. The van der Waals surface area contributed by atoms with Crippen LogP contribution in [0.15, 0.2) is 59.6 Å². The Morgan fingerprint density at radius 2 is 1.52 bits per heavy atom. The first-order chi connectivity index (χ1) is 12.6. The monoisotopic (exact) mass is 480 g/mol. The maximum Gasteiger partial charge on any atom is 0.251 e. The summed E-state index contributed by atoms with van der Waals surface area (Å²) in [5.41, 5.74) is 2.97. The van der Waals surface area contributed by atoms with Crippen LogP contribution in [0, 0.1) is 0 Å². The summed E-state index contributed by atoms with van der Waals surface area (Å²) in [6.07, 6.45) is 0.919. The average molecular weight is 480 g/mol. The molecule has 1 atom stereocenters. The van der Waals surface area contributed by atoms with Crippen molar-refractivity contribution in [3.8, 4) is 0 Å². The van der Waals surface area contributed by atoms with Crippen molar-refractivity contribution in [2.75, 3.05) is 7.05 Å². The standard InChI is InChI=1S/C21H28N4O.HI/c1-4-16(2)25-20(26)19-12-10-18(11-13-19)15-24-21(22-3)23-14-17-8-6-5-7-9-17;/h5-13,16H,4,14-15H2,1-3H3,(H,25,26)(H2,22,23,24);1H. The number of hydrogen-bond donors (Lipinski definition) is 3. The van der Waals surface area contributed by atoms with Crippen molar-refractivity contribution in [1.82, 2.24) is 16.0 Å². The van der Waals surface area contributed by atoms with Gasteiger partial charge in [0, 0.05) is 31.7 Å². The van der Waals surface area contributed by atoms with E-state index in [2.05, 4.69) is 40.0 Å². The molecule has 0 radical (unpaired) electrons. The lowest BCUT2D eigenvalue weighted by molar-refractivity contribution is 0.0939. The van der Waals surface area contributed by atoms with Crippen LogP contribution in [0.25, 0.3) is 0 Å². The Hall–Kier alpha value is -2.09. The summed E-state index contributed by atoms with van der Waals surface area (Å²) in [7, 11) is 1.75. The molecule has 0 aliphatic heterocycles. The first-order valence-electron chi connectivity index (χ1n) is 9.00. The minimum atomic E-state index is -0.0285. The summed E-state index contributed by atoms with van der Waals surface area (Å²) >= 11 is 0. The SMILES string of the molecule is CCC(C)NC(=O)c1ccc(CNC(=NC)NCc2ccccc2)cc1.I. The molecule has 0 aromatic heterocycles. The van der Waals surface area contributed by atoms with Crippen LogP contribution in [0.2, 0.25) is 0 Å². The Kier molecular flexibility index (Phi) is 10.5. The van der Waals surface area contributed by atoms with Gasteiger partial charge in [-0.3, -0.25) is 9.79 Å². The molecule has 1 amide bonds. The van der Waals surface area contributed by atoms with E-state index in [9.17, 15) is 4.79 Å². The predicted octanol–water partition coefficient (Wildman–Crippen LogP) is 3.70. The Morgan fingerprint density at radius 3 is 2.04 bits per heavy atom. The molecule has 0 bridgehead atoms. The fourth-order valence-corrected chi connectivity index (χ4v) is 2.37. The second-order valence-corrected chi connectivity index (χ2v) is 6.24. The molecule has 146 valence electrons. The Bertz CT molecular complexity index is 717. The largest absolute Gasteiger partial charge is 0.352 e. The van der Waals surface area contributed by atoms with Gasteiger partial charge in [0.15, 0.2) is 5.96 Å². The maximum absolute atomic E-state index is 12.1. The predicted molar refractivity (Wildman–Crippen MR) is 123 cm³/mol. The van der Waals surface area contributed by atoms with E-state index in [1.807, 2.05) is 49.4 Å². The number of rotatable bonds is 7. The van der Waals surface area contributed by atoms with Crippen LogP contribution in [-0.2, 0) is 13.1 Å². The molecule has 0 saturated heterocycles. The smallest absolute Gasteiger partial charge is 0.251 e. The molecular weight excluding hydrogens is 451 g/mol. The van der Waals surface area contributed by atoms with Crippen LogP contribution < -0.4 is 16.0 Å². The normalized spacial score (nSPS) is 11.9. The highest BCUT2D eigenvalue weighted by Gasteiger charge is 2.08. The molecule has 5 nitrogen and oxygen atoms in total. The average Bonchev–Trinajstić information content (AvgIpc) is 2.69. The van der Waals surface area contributed by atoms with Crippen LogP contribution in [0.4, 0.5) is 0 Å². The van der Waals surface area contributed by atoms with E-state index in [1.165, 1.54) is 5.56 Å². The molecule has 0 spiro atoms. The van der Waals surface area contributed by atoms with Crippen molar-refractivity contribution < 1.29 is 4.79 Å². The van der Waals surface area contributed by atoms with E-state index in [0.717, 1.165) is 24.5 Å². The number of nitrogens with zero attached hydrogens (tertiary/aromatic N) is 1. The third-order valence-electron chi connectivity index (χ3n) is 4.19. The number of nitrogens with one attached hydrogen (secondary N) is 3. The van der Waals surface area contributed by atoms with Gasteiger partial charge < -0.3 is 16.0 Å². The fourth-order valence-electron chi connectivity index (χ4n) is 2.37. The van der Waals surface area contributed by atoms with E-state index in [4.69, 9.17) is 0 Å². The van der Waals surface area contributed by atoms with Gasteiger partial charge in [-0.25, -0.2) is 0 Å². The van der Waals surface area contributed by atoms with Gasteiger partial charge in [-0.05, 0) is 36.6 Å². The molecule has 3 N–H and O–H groups in total. The van der Waals surface area contributed by atoms with Crippen molar-refractivity contribution >= 4 is 35.8 Å². The van der Waals surface area contributed by atoms with Gasteiger partial charge in [0.1, 0.15) is 0 Å². The Balaban J connectivity index is 0.00000364. The van der Waals surface area contributed by atoms with Crippen LogP contribution in [0.5, 0.6) is 0 Å². The molecule has 2 rings (SSSR count). The quantitative estimate of drug-likeness (QED) is 0.322. The van der Waals surface area contributed by atoms with Crippen LogP contribution >= 0.6 is 24.0 Å². The van der Waals surface area contributed by atoms with E-state index in [-0.39, 0.29) is 35.9 Å². The summed E-state index contributed by atoms with van der Waals surface area (Å²) in [5, 5.41) is 9.55. The van der Waals surface area contributed by atoms with Crippen molar-refractivity contribution in [3.05, 3.63) is 71.3 Å². The molecule has 1 unspecified atom stereocenters. The number of guanidine groups is 1. The second-order valence-electron chi connectivity index (χ2n) is 6.24. The zero-order valence-corrected chi connectivity index (χ0v) is 18.5. The lowest BCUT2D eigenvalue weighted by Crippen LogP contribution is -2.36. The highest BCUT2D eigenvalue weighted by molar-refractivity contribution is 14.0. The molecule has 2 aromatic carbocycles. The lowest BCUT2D eigenvalue weighted by atomic mass is 10.1. The van der Waals surface area contributed by atoms with Crippen molar-refractivity contribution in [2.45, 2.75) is 39.4 Å². The summed E-state index contributed by atoms with van der Waals surface area (Å²) < 4.78 is 0. The topological polar surface area (TPSA) is 65.5 Å². The highest BCUT2D eigenvalue weighted by Crippen LogP contribution is 2.05. The van der Waals surface area contributed by atoms with Gasteiger partial charge in [-0.1, -0.05) is 49.4 Å². The molecule has 0 heterocycles. The maximum atomic E-state index is 12.1. The van der Waals surface area contributed by atoms with Crippen LogP contribution in [0.3, 0.4) is 0 Å². The van der Waals surface area contributed by atoms with Crippen molar-refractivity contribution in [3.63, 3.8) is 0 Å². The second kappa shape index (κ2) is 12.3. The summed E-state index contributed by atoms with van der Waals surface area (Å²) in [6, 6.07) is 18.0. The molecule has 0 saturated carbocycles. The van der Waals surface area contributed by atoms with E-state index >= 15 is 0 Å². The number of carbonyl (C=O) groups is 1. The van der Waals surface area contributed by atoms with Gasteiger partial charge in [-0.2, -0.15) is 0 Å². The van der Waals surface area contributed by atoms with Crippen molar-refractivity contribution in [1.29, 1.82) is 0 Å².